The van der Waals surface area contributed by atoms with Crippen molar-refractivity contribution in [1.29, 1.82) is 0 Å². The van der Waals surface area contributed by atoms with Crippen LogP contribution in [0.25, 0.3) is 11.0 Å². The number of aromatic nitrogens is 1. The summed E-state index contributed by atoms with van der Waals surface area (Å²) in [4.78, 5) is 19.0. The lowest BCUT2D eigenvalue weighted by atomic mass is 9.99. The number of morpholine rings is 1. The Morgan fingerprint density at radius 1 is 1.20 bits per heavy atom. The quantitative estimate of drug-likeness (QED) is 0.166. The Kier molecular flexibility index (Phi) is 9.30. The van der Waals surface area contributed by atoms with Crippen molar-refractivity contribution < 1.29 is 37.5 Å². The van der Waals surface area contributed by atoms with Crippen molar-refractivity contribution in [3.63, 3.8) is 0 Å². The second kappa shape index (κ2) is 13.1. The fourth-order valence-corrected chi connectivity index (χ4v) is 6.07. The number of aliphatic hydroxyl groups is 1. The van der Waals surface area contributed by atoms with E-state index >= 15 is 4.39 Å². The molecular weight excluding hydrogens is 591 g/mol. The Hall–Kier alpha value is -4.30. The molecule has 1 aliphatic rings. The average Bonchev–Trinajstić information content (AvgIpc) is 3.41. The number of hydrogen-bond donors (Lipinski definition) is 3. The largest absolute Gasteiger partial charge is 0.612 e. The summed E-state index contributed by atoms with van der Waals surface area (Å²) in [6.07, 6.45) is 2.41. The number of carbonyl (C=O) groups is 1. The fraction of sp³-hybridized carbons (Fsp3) is 0.290. The highest BCUT2D eigenvalue weighted by atomic mass is 32.2. The van der Waals surface area contributed by atoms with Crippen molar-refractivity contribution >= 4 is 50.9 Å². The zero-order valence-electron chi connectivity index (χ0n) is 24.7. The van der Waals surface area contributed by atoms with Gasteiger partial charge in [0.2, 0.25) is 10.8 Å². The summed E-state index contributed by atoms with van der Waals surface area (Å²) in [5.74, 6) is -0.731. The topological polar surface area (TPSA) is 141 Å². The number of ether oxygens (including phenoxy) is 3. The van der Waals surface area contributed by atoms with Crippen molar-refractivity contribution in [3.05, 3.63) is 71.9 Å². The molecule has 0 spiro atoms. The number of aliphatic hydroxyl groups excluding tert-OH is 1. The molecule has 11 nitrogen and oxygen atoms in total. The van der Waals surface area contributed by atoms with Gasteiger partial charge in [-0.2, -0.15) is 0 Å². The van der Waals surface area contributed by atoms with Gasteiger partial charge in [0.05, 0.1) is 50.4 Å². The Balaban J connectivity index is 1.55. The molecule has 2 aromatic heterocycles. The van der Waals surface area contributed by atoms with Crippen LogP contribution in [-0.2, 0) is 20.7 Å². The first kappa shape index (κ1) is 31.1. The number of halogens is 1. The van der Waals surface area contributed by atoms with Crippen LogP contribution in [0.2, 0.25) is 0 Å². The first-order valence-electron chi connectivity index (χ1n) is 13.7. The van der Waals surface area contributed by atoms with E-state index in [1.54, 1.807) is 13.0 Å². The van der Waals surface area contributed by atoms with Crippen molar-refractivity contribution in [1.82, 2.24) is 4.98 Å². The molecule has 44 heavy (non-hydrogen) atoms. The maximum Gasteiger partial charge on any atom is 0.247 e. The van der Waals surface area contributed by atoms with Crippen LogP contribution in [0.15, 0.2) is 58.5 Å². The molecule has 2 unspecified atom stereocenters. The number of benzene rings is 2. The zero-order valence-corrected chi connectivity index (χ0v) is 25.5. The van der Waals surface area contributed by atoms with Crippen LogP contribution >= 0.6 is 0 Å². The number of methoxy groups -OCH3 is 2. The second-order valence-electron chi connectivity index (χ2n) is 10.00. The Labute approximate surface area is 256 Å². The third-order valence-corrected chi connectivity index (χ3v) is 8.37. The number of furan rings is 1. The van der Waals surface area contributed by atoms with Crippen LogP contribution in [0.4, 0.5) is 27.3 Å². The normalized spacial score (nSPS) is 14.7. The molecule has 2 atom stereocenters. The molecule has 0 aliphatic carbocycles. The molecule has 1 fully saturated rings. The molecular formula is C31H33FN4O7S. The minimum atomic E-state index is -1.66. The molecule has 0 saturated carbocycles. The van der Waals surface area contributed by atoms with Crippen molar-refractivity contribution in [3.8, 4) is 11.5 Å². The van der Waals surface area contributed by atoms with E-state index in [1.807, 2.05) is 18.2 Å². The van der Waals surface area contributed by atoms with E-state index in [1.165, 1.54) is 38.8 Å². The first-order chi connectivity index (χ1) is 21.2. The summed E-state index contributed by atoms with van der Waals surface area (Å²) in [6.45, 7) is 7.80. The smallest absolute Gasteiger partial charge is 0.247 e. The molecule has 232 valence electrons. The summed E-state index contributed by atoms with van der Waals surface area (Å²) >= 11 is -1.66. The second-order valence-corrected chi connectivity index (χ2v) is 11.3. The van der Waals surface area contributed by atoms with Crippen LogP contribution in [0.1, 0.15) is 23.0 Å². The number of pyridine rings is 1. The van der Waals surface area contributed by atoms with Gasteiger partial charge in [0.1, 0.15) is 23.9 Å². The molecule has 0 bridgehead atoms. The van der Waals surface area contributed by atoms with Gasteiger partial charge in [-0.1, -0.05) is 6.58 Å². The van der Waals surface area contributed by atoms with E-state index in [0.29, 0.717) is 47.1 Å². The van der Waals surface area contributed by atoms with Crippen LogP contribution in [0.3, 0.4) is 0 Å². The Bertz CT molecular complexity index is 1680. The lowest BCUT2D eigenvalue weighted by Crippen LogP contribution is -2.36. The molecule has 1 saturated heterocycles. The summed E-state index contributed by atoms with van der Waals surface area (Å²) in [5, 5.41) is 17.9. The molecule has 1 amide bonds. The number of carbonyl (C=O) groups excluding carboxylic acids is 1. The van der Waals surface area contributed by atoms with Crippen LogP contribution in [0, 0.1) is 12.7 Å². The van der Waals surface area contributed by atoms with Gasteiger partial charge in [-0.25, -0.2) is 9.37 Å². The van der Waals surface area contributed by atoms with Gasteiger partial charge in [0.25, 0.3) is 0 Å². The number of hydrogen-bond acceptors (Lipinski definition) is 10. The number of rotatable bonds is 10. The predicted octanol–water partition coefficient (Wildman–Crippen LogP) is 4.82. The summed E-state index contributed by atoms with van der Waals surface area (Å²) in [5.41, 5.74) is 2.42. The zero-order chi connectivity index (χ0) is 31.5. The maximum atomic E-state index is 15.5. The third kappa shape index (κ3) is 6.04. The highest BCUT2D eigenvalue weighted by molar-refractivity contribution is 7.91. The van der Waals surface area contributed by atoms with Gasteiger partial charge in [-0.15, -0.1) is 0 Å². The SMILES string of the molecule is C=CC(=O)Nc1cc(N2CCOCC2)ccc1Nc1cc2c([S+](C)[O-])c(C(O)c3c(C)c(OC)cc(OC)c3F)oc2cn1. The summed E-state index contributed by atoms with van der Waals surface area (Å²) in [6, 6.07) is 8.61. The highest BCUT2D eigenvalue weighted by Gasteiger charge is 2.33. The average molecular weight is 625 g/mol. The molecule has 0 radical (unpaired) electrons. The number of anilines is 4. The molecule has 1 aliphatic heterocycles. The van der Waals surface area contributed by atoms with E-state index in [2.05, 4.69) is 27.1 Å². The minimum absolute atomic E-state index is 0.0918. The number of nitrogens with one attached hydrogen (secondary N) is 2. The van der Waals surface area contributed by atoms with Crippen LogP contribution < -0.4 is 25.0 Å². The minimum Gasteiger partial charge on any atom is -0.612 e. The molecule has 4 aromatic rings. The van der Waals surface area contributed by atoms with Gasteiger partial charge in [0, 0.05) is 36.0 Å². The molecule has 2 aromatic carbocycles. The number of fused-ring (bicyclic) bond motifs is 1. The van der Waals surface area contributed by atoms with Crippen LogP contribution in [0.5, 0.6) is 11.5 Å². The van der Waals surface area contributed by atoms with E-state index in [-0.39, 0.29) is 33.5 Å². The number of nitrogens with zero attached hydrogens (tertiary/aromatic N) is 2. The van der Waals surface area contributed by atoms with Gasteiger partial charge < -0.3 is 43.8 Å². The van der Waals surface area contributed by atoms with E-state index < -0.39 is 23.1 Å². The third-order valence-electron chi connectivity index (χ3n) is 7.38. The van der Waals surface area contributed by atoms with Gasteiger partial charge in [0.15, 0.2) is 22.9 Å². The number of amides is 1. The first-order valence-corrected chi connectivity index (χ1v) is 15.2. The molecule has 3 N–H and O–H groups in total. The lowest BCUT2D eigenvalue weighted by molar-refractivity contribution is -0.111. The predicted molar refractivity (Wildman–Crippen MR) is 166 cm³/mol. The maximum absolute atomic E-state index is 15.5. The van der Waals surface area contributed by atoms with Crippen LogP contribution in [-0.4, -0.2) is 67.3 Å². The highest BCUT2D eigenvalue weighted by Crippen LogP contribution is 2.42. The van der Waals surface area contributed by atoms with Gasteiger partial charge in [-0.05, 0) is 48.4 Å². The monoisotopic (exact) mass is 624 g/mol. The molecule has 13 heteroatoms. The van der Waals surface area contributed by atoms with E-state index in [9.17, 15) is 14.5 Å². The lowest BCUT2D eigenvalue weighted by Gasteiger charge is -2.29. The Morgan fingerprint density at radius 2 is 1.93 bits per heavy atom. The molecule has 5 rings (SSSR count). The van der Waals surface area contributed by atoms with Crippen molar-refractivity contribution in [2.75, 3.05) is 62.3 Å². The van der Waals surface area contributed by atoms with Gasteiger partial charge >= 0.3 is 0 Å². The van der Waals surface area contributed by atoms with Gasteiger partial charge in [-0.3, -0.25) is 4.79 Å². The Morgan fingerprint density at radius 3 is 2.59 bits per heavy atom. The summed E-state index contributed by atoms with van der Waals surface area (Å²) in [7, 11) is 2.73. The molecule has 3 heterocycles. The van der Waals surface area contributed by atoms with Crippen molar-refractivity contribution in [2.45, 2.75) is 17.9 Å². The fourth-order valence-electron chi connectivity index (χ4n) is 5.17. The van der Waals surface area contributed by atoms with Crippen molar-refractivity contribution in [2.24, 2.45) is 0 Å². The van der Waals surface area contributed by atoms with E-state index in [4.69, 9.17) is 18.6 Å². The standard InChI is InChI=1S/C31H33FN4O7S/c1-6-26(37)35-21-13-18(36-9-11-42-12-10-36)7-8-20(21)34-25-14-19-24(16-33-25)43-30(31(19)44(5)39)29(38)27-17(2)22(40-3)15-23(41-4)28(27)32/h6-8,13-16,29,38H,1,9-12H2,2-5H3,(H,33,34)(H,35,37). The van der Waals surface area contributed by atoms with E-state index in [0.717, 1.165) is 18.8 Å². The summed E-state index contributed by atoms with van der Waals surface area (Å²) < 4.78 is 50.4.